The minimum Gasteiger partial charge on any atom is -0.444 e. The van der Waals surface area contributed by atoms with Crippen molar-refractivity contribution in [1.82, 2.24) is 10.6 Å². The molecule has 1 saturated heterocycles. The van der Waals surface area contributed by atoms with Crippen molar-refractivity contribution in [2.75, 3.05) is 19.8 Å². The van der Waals surface area contributed by atoms with E-state index in [0.29, 0.717) is 19.4 Å². The molecule has 1 aromatic carbocycles. The number of hydrogen-bond donors (Lipinski definition) is 2. The van der Waals surface area contributed by atoms with Crippen LogP contribution in [-0.2, 0) is 35.0 Å². The Bertz CT molecular complexity index is 940. The fourth-order valence-corrected chi connectivity index (χ4v) is 3.79. The Morgan fingerprint density at radius 3 is 2.13 bits per heavy atom. The Hall–Kier alpha value is -2.77. The van der Waals surface area contributed by atoms with E-state index in [0.717, 1.165) is 5.56 Å². The number of ketones is 1. The minimum atomic E-state index is -3.24. The van der Waals surface area contributed by atoms with E-state index < -0.39 is 79.8 Å². The molecule has 1 aromatic rings. The van der Waals surface area contributed by atoms with Crippen LogP contribution in [0.15, 0.2) is 30.3 Å². The largest absolute Gasteiger partial charge is 0.444 e. The van der Waals surface area contributed by atoms with E-state index in [1.807, 2.05) is 37.3 Å². The predicted molar refractivity (Wildman–Crippen MR) is 131 cm³/mol. The number of nitrogens with one attached hydrogen (secondary N) is 2. The van der Waals surface area contributed by atoms with Crippen LogP contribution in [0.25, 0.3) is 0 Å². The van der Waals surface area contributed by atoms with Crippen molar-refractivity contribution in [2.45, 2.75) is 83.5 Å². The molecule has 0 bridgehead atoms. The summed E-state index contributed by atoms with van der Waals surface area (Å²) in [4.78, 5) is 38.4. The Morgan fingerprint density at radius 1 is 1.00 bits per heavy atom. The lowest BCUT2D eigenvalue weighted by Crippen LogP contribution is -2.49. The maximum Gasteiger partial charge on any atom is 0.408 e. The highest BCUT2D eigenvalue weighted by Gasteiger charge is 2.42. The van der Waals surface area contributed by atoms with Gasteiger partial charge in [-0.2, -0.15) is 17.6 Å². The number of epoxide rings is 1. The number of halogens is 4. The molecule has 39 heavy (non-hydrogen) atoms. The van der Waals surface area contributed by atoms with Gasteiger partial charge in [-0.15, -0.1) is 0 Å². The Kier molecular flexibility index (Phi) is 12.1. The molecule has 13 heteroatoms. The van der Waals surface area contributed by atoms with Gasteiger partial charge >= 0.3 is 19.3 Å². The number of alkyl halides is 4. The zero-order valence-electron chi connectivity index (χ0n) is 22.4. The van der Waals surface area contributed by atoms with E-state index >= 15 is 0 Å². The fourth-order valence-electron chi connectivity index (χ4n) is 3.79. The molecule has 220 valence electrons. The summed E-state index contributed by atoms with van der Waals surface area (Å²) in [6.07, 6.45) is -0.941. The molecule has 2 rings (SSSR count). The summed E-state index contributed by atoms with van der Waals surface area (Å²) in [5.74, 6) is -3.07. The van der Waals surface area contributed by atoms with Gasteiger partial charge in [-0.3, -0.25) is 9.59 Å². The van der Waals surface area contributed by atoms with Gasteiger partial charge in [0, 0.05) is 12.5 Å². The maximum atomic E-state index is 13.2. The van der Waals surface area contributed by atoms with E-state index in [-0.39, 0.29) is 0 Å². The van der Waals surface area contributed by atoms with Gasteiger partial charge < -0.3 is 29.6 Å². The van der Waals surface area contributed by atoms with Gasteiger partial charge in [-0.05, 0) is 46.1 Å². The number of amides is 2. The minimum absolute atomic E-state index is 0.410. The highest BCUT2D eigenvalue weighted by atomic mass is 19.3. The molecule has 0 aromatic heterocycles. The first-order valence-electron chi connectivity index (χ1n) is 12.5. The van der Waals surface area contributed by atoms with E-state index in [4.69, 9.17) is 9.47 Å². The molecule has 9 nitrogen and oxygen atoms in total. The van der Waals surface area contributed by atoms with Crippen LogP contribution >= 0.6 is 0 Å². The molecule has 1 aliphatic heterocycles. The van der Waals surface area contributed by atoms with E-state index in [9.17, 15) is 31.9 Å². The van der Waals surface area contributed by atoms with Gasteiger partial charge in [0.25, 0.3) is 0 Å². The van der Waals surface area contributed by atoms with Crippen molar-refractivity contribution < 1.29 is 50.9 Å². The quantitative estimate of drug-likeness (QED) is 0.232. The molecule has 1 heterocycles. The number of Topliss-reactive ketones (excluding diaryl/α,β-unsaturated/α-hetero) is 1. The molecule has 4 atom stereocenters. The first-order valence-corrected chi connectivity index (χ1v) is 12.5. The average Bonchev–Trinajstić information content (AvgIpc) is 3.54. The van der Waals surface area contributed by atoms with Gasteiger partial charge in [-0.25, -0.2) is 4.79 Å². The maximum absolute atomic E-state index is 13.2. The molecule has 2 N–H and O–H groups in total. The van der Waals surface area contributed by atoms with Crippen molar-refractivity contribution in [3.63, 3.8) is 0 Å². The summed E-state index contributed by atoms with van der Waals surface area (Å²) >= 11 is 0. The van der Waals surface area contributed by atoms with Crippen molar-refractivity contribution in [3.05, 3.63) is 35.9 Å². The van der Waals surface area contributed by atoms with Gasteiger partial charge in [0.1, 0.15) is 11.6 Å². The van der Waals surface area contributed by atoms with Crippen LogP contribution in [0.3, 0.4) is 0 Å². The molecule has 0 spiro atoms. The molecule has 1 aliphatic rings. The Labute approximate surface area is 224 Å². The number of rotatable bonds is 16. The first kappa shape index (κ1) is 32.4. The summed E-state index contributed by atoms with van der Waals surface area (Å²) in [6, 6.07) is 7.15. The molecule has 1 fully saturated rings. The zero-order chi connectivity index (χ0) is 29.2. The van der Waals surface area contributed by atoms with Crippen LogP contribution in [0, 0.1) is 5.92 Å². The summed E-state index contributed by atoms with van der Waals surface area (Å²) in [7, 11) is 0. The topological polar surface area (TPSA) is 115 Å². The van der Waals surface area contributed by atoms with E-state index in [1.54, 1.807) is 20.8 Å². The second-order valence-corrected chi connectivity index (χ2v) is 10.6. The van der Waals surface area contributed by atoms with Crippen LogP contribution in [0.1, 0.15) is 46.1 Å². The molecule has 2 amide bonds. The molecule has 0 aliphatic carbocycles. The van der Waals surface area contributed by atoms with Crippen LogP contribution in [0.5, 0.6) is 0 Å². The van der Waals surface area contributed by atoms with Crippen molar-refractivity contribution in [3.8, 4) is 0 Å². The van der Waals surface area contributed by atoms with E-state index in [1.165, 1.54) is 0 Å². The molecule has 0 radical (unpaired) electrons. The standard InChI is InChI=1S/C26H36F4N2O7/c1-25(2,3)39-24(35)32-19(14-37-23(29)30)20(33)11-17(13-36-22(27)28)21(34)31-18(12-26(4)15-38-26)10-16-8-6-5-7-9-16/h5-9,17-19,22-23H,10-15H2,1-4H3,(H,31,34)(H,32,35)/t17-,18-,19-,26-/m0/s1. The second-order valence-electron chi connectivity index (χ2n) is 10.6. The summed E-state index contributed by atoms with van der Waals surface area (Å²) in [6.45, 7) is -1.18. The van der Waals surface area contributed by atoms with Gasteiger partial charge in [-0.1, -0.05) is 30.3 Å². The number of hydrogen-bond acceptors (Lipinski definition) is 7. The van der Waals surface area contributed by atoms with Crippen LogP contribution in [0.4, 0.5) is 22.4 Å². The van der Waals surface area contributed by atoms with Gasteiger partial charge in [0.2, 0.25) is 5.91 Å². The number of carbonyl (C=O) groups excluding carboxylic acids is 3. The Balaban J connectivity index is 2.16. The third kappa shape index (κ3) is 13.2. The lowest BCUT2D eigenvalue weighted by molar-refractivity contribution is -0.154. The third-order valence-electron chi connectivity index (χ3n) is 5.70. The lowest BCUT2D eigenvalue weighted by Gasteiger charge is -2.26. The lowest BCUT2D eigenvalue weighted by atomic mass is 9.94. The fraction of sp³-hybridized carbons (Fsp3) is 0.654. The van der Waals surface area contributed by atoms with Crippen LogP contribution in [0.2, 0.25) is 0 Å². The van der Waals surface area contributed by atoms with Crippen LogP contribution < -0.4 is 10.6 Å². The summed E-state index contributed by atoms with van der Waals surface area (Å²) in [5, 5.41) is 4.94. The van der Waals surface area contributed by atoms with Crippen molar-refractivity contribution in [2.24, 2.45) is 5.92 Å². The number of carbonyl (C=O) groups is 3. The molecular formula is C26H36F4N2O7. The highest BCUT2D eigenvalue weighted by Crippen LogP contribution is 2.32. The zero-order valence-corrected chi connectivity index (χ0v) is 22.4. The molecule has 0 saturated carbocycles. The normalized spacial score (nSPS) is 19.3. The highest BCUT2D eigenvalue weighted by molar-refractivity contribution is 5.91. The number of benzene rings is 1. The van der Waals surface area contributed by atoms with Crippen molar-refractivity contribution in [1.29, 1.82) is 0 Å². The monoisotopic (exact) mass is 564 g/mol. The SMILES string of the molecule is CC(C)(C)OC(=O)N[C@@H](COC(F)F)C(=O)C[C@@H](COC(F)F)C(=O)N[C@@H](Cc1ccccc1)C[C@@]1(C)CO1. The van der Waals surface area contributed by atoms with E-state index in [2.05, 4.69) is 20.1 Å². The first-order chi connectivity index (χ1) is 18.2. The average molecular weight is 565 g/mol. The number of alkyl carbamates (subject to hydrolysis) is 1. The van der Waals surface area contributed by atoms with Gasteiger partial charge in [0.15, 0.2) is 5.78 Å². The Morgan fingerprint density at radius 2 is 1.59 bits per heavy atom. The molecule has 0 unspecified atom stereocenters. The predicted octanol–water partition coefficient (Wildman–Crippen LogP) is 3.84. The number of ether oxygens (including phenoxy) is 4. The molecular weight excluding hydrogens is 528 g/mol. The smallest absolute Gasteiger partial charge is 0.408 e. The second kappa shape index (κ2) is 14.6. The van der Waals surface area contributed by atoms with Crippen molar-refractivity contribution >= 4 is 17.8 Å². The van der Waals surface area contributed by atoms with Crippen LogP contribution in [-0.4, -0.2) is 74.1 Å². The third-order valence-corrected chi connectivity index (χ3v) is 5.70. The summed E-state index contributed by atoms with van der Waals surface area (Å²) < 4.78 is 70.1. The summed E-state index contributed by atoms with van der Waals surface area (Å²) in [5.41, 5.74) is -0.494. The van der Waals surface area contributed by atoms with Gasteiger partial charge in [0.05, 0.1) is 31.3 Å².